The highest BCUT2D eigenvalue weighted by Gasteiger charge is 2.27. The minimum atomic E-state index is 0.646. The van der Waals surface area contributed by atoms with E-state index in [1.165, 1.54) is 44.6 Å². The summed E-state index contributed by atoms with van der Waals surface area (Å²) in [5, 5.41) is 3.63. The second-order valence-corrected chi connectivity index (χ2v) is 6.18. The fraction of sp³-hybridized carbons (Fsp3) is 0.562. The molecule has 20 heavy (non-hydrogen) atoms. The lowest BCUT2D eigenvalue weighted by Crippen LogP contribution is -2.39. The Kier molecular flexibility index (Phi) is 3.11. The third-order valence-corrected chi connectivity index (χ3v) is 4.51. The van der Waals surface area contributed by atoms with Gasteiger partial charge in [-0.2, -0.15) is 0 Å². The van der Waals surface area contributed by atoms with Crippen molar-refractivity contribution in [1.29, 1.82) is 0 Å². The normalized spacial score (nSPS) is 22.5. The molecule has 1 N–H and O–H groups in total. The summed E-state index contributed by atoms with van der Waals surface area (Å²) in [7, 11) is 0. The Hall–Kier alpha value is -1.55. The van der Waals surface area contributed by atoms with Gasteiger partial charge in [-0.3, -0.25) is 4.40 Å². The van der Waals surface area contributed by atoms with Gasteiger partial charge in [0.25, 0.3) is 0 Å². The van der Waals surface area contributed by atoms with Gasteiger partial charge in [0.15, 0.2) is 0 Å². The fourth-order valence-corrected chi connectivity index (χ4v) is 3.24. The minimum absolute atomic E-state index is 0.646. The van der Waals surface area contributed by atoms with E-state index in [-0.39, 0.29) is 0 Å². The monoisotopic (exact) mass is 270 g/mol. The first-order valence-electron chi connectivity index (χ1n) is 7.80. The van der Waals surface area contributed by atoms with E-state index in [9.17, 15) is 0 Å². The molecule has 4 nitrogen and oxygen atoms in total. The first-order valence-corrected chi connectivity index (χ1v) is 7.80. The summed E-state index contributed by atoms with van der Waals surface area (Å²) in [6, 6.07) is 7.07. The second-order valence-electron chi connectivity index (χ2n) is 6.18. The first-order chi connectivity index (χ1) is 9.90. The minimum Gasteiger partial charge on any atom is -0.356 e. The van der Waals surface area contributed by atoms with Crippen LogP contribution in [0.5, 0.6) is 0 Å². The molecule has 4 rings (SSSR count). The average molecular weight is 270 g/mol. The summed E-state index contributed by atoms with van der Waals surface area (Å²) < 4.78 is 2.22. The topological polar surface area (TPSA) is 32.6 Å². The maximum Gasteiger partial charge on any atom is 0.138 e. The lowest BCUT2D eigenvalue weighted by molar-refractivity contribution is 0.566. The van der Waals surface area contributed by atoms with Crippen LogP contribution in [0.1, 0.15) is 25.7 Å². The summed E-state index contributed by atoms with van der Waals surface area (Å²) in [5.74, 6) is 2.19. The Morgan fingerprint density at radius 2 is 2.20 bits per heavy atom. The van der Waals surface area contributed by atoms with Crippen molar-refractivity contribution >= 4 is 11.5 Å². The predicted octanol–water partition coefficient (Wildman–Crippen LogP) is 2.30. The fourth-order valence-electron chi connectivity index (χ4n) is 3.24. The average Bonchev–Trinajstić information content (AvgIpc) is 2.93. The Morgan fingerprint density at radius 1 is 1.25 bits per heavy atom. The van der Waals surface area contributed by atoms with Crippen molar-refractivity contribution in [1.82, 2.24) is 14.7 Å². The number of nitrogens with one attached hydrogen (secondary N) is 1. The zero-order valence-corrected chi connectivity index (χ0v) is 11.8. The zero-order chi connectivity index (χ0) is 13.4. The Morgan fingerprint density at radius 3 is 3.00 bits per heavy atom. The molecule has 2 aromatic rings. The van der Waals surface area contributed by atoms with E-state index in [0.717, 1.165) is 18.1 Å². The SMILES string of the molecule is c1cc(N(CC2CC2)CC2CCCN2)n2ccnc2c1. The van der Waals surface area contributed by atoms with Crippen LogP contribution < -0.4 is 10.2 Å². The molecule has 106 valence electrons. The van der Waals surface area contributed by atoms with E-state index in [1.54, 1.807) is 0 Å². The van der Waals surface area contributed by atoms with Gasteiger partial charge in [-0.05, 0) is 50.3 Å². The highest BCUT2D eigenvalue weighted by molar-refractivity contribution is 5.51. The van der Waals surface area contributed by atoms with Gasteiger partial charge in [0.2, 0.25) is 0 Å². The predicted molar refractivity (Wildman–Crippen MR) is 81.2 cm³/mol. The van der Waals surface area contributed by atoms with Crippen molar-refractivity contribution in [2.45, 2.75) is 31.7 Å². The molecule has 1 aliphatic carbocycles. The molecular weight excluding hydrogens is 248 g/mol. The number of pyridine rings is 1. The molecule has 1 atom stereocenters. The van der Waals surface area contributed by atoms with Crippen LogP contribution in [-0.2, 0) is 0 Å². The summed E-state index contributed by atoms with van der Waals surface area (Å²) in [4.78, 5) is 6.97. The molecule has 4 heteroatoms. The number of imidazole rings is 1. The molecule has 0 bridgehead atoms. The molecule has 2 aliphatic rings. The van der Waals surface area contributed by atoms with E-state index in [4.69, 9.17) is 0 Å². The Labute approximate surface area is 119 Å². The molecular formula is C16H22N4. The molecule has 0 spiro atoms. The Bertz CT molecular complexity index is 581. The van der Waals surface area contributed by atoms with Crippen LogP contribution in [0.4, 0.5) is 5.82 Å². The number of hydrogen-bond donors (Lipinski definition) is 1. The smallest absolute Gasteiger partial charge is 0.138 e. The van der Waals surface area contributed by atoms with Gasteiger partial charge >= 0.3 is 0 Å². The van der Waals surface area contributed by atoms with Gasteiger partial charge in [-0.25, -0.2) is 4.98 Å². The third kappa shape index (κ3) is 2.40. The van der Waals surface area contributed by atoms with E-state index in [2.05, 4.69) is 44.0 Å². The van der Waals surface area contributed by atoms with Crippen LogP contribution >= 0.6 is 0 Å². The number of fused-ring (bicyclic) bond motifs is 1. The van der Waals surface area contributed by atoms with Crippen molar-refractivity contribution in [2.75, 3.05) is 24.5 Å². The summed E-state index contributed by atoms with van der Waals surface area (Å²) in [5.41, 5.74) is 1.04. The number of hydrogen-bond acceptors (Lipinski definition) is 3. The molecule has 1 saturated heterocycles. The Balaban J connectivity index is 1.63. The number of rotatable bonds is 5. The van der Waals surface area contributed by atoms with Crippen LogP contribution in [0.2, 0.25) is 0 Å². The molecule has 2 aromatic heterocycles. The van der Waals surface area contributed by atoms with Crippen LogP contribution in [-0.4, -0.2) is 35.1 Å². The number of nitrogens with zero attached hydrogens (tertiary/aromatic N) is 3. The van der Waals surface area contributed by atoms with E-state index in [0.29, 0.717) is 6.04 Å². The summed E-state index contributed by atoms with van der Waals surface area (Å²) in [6.07, 6.45) is 9.38. The highest BCUT2D eigenvalue weighted by Crippen LogP contribution is 2.32. The lowest BCUT2D eigenvalue weighted by atomic mass is 10.2. The largest absolute Gasteiger partial charge is 0.356 e. The first kappa shape index (κ1) is 12.2. The van der Waals surface area contributed by atoms with Crippen molar-refractivity contribution in [2.24, 2.45) is 5.92 Å². The molecule has 0 amide bonds. The van der Waals surface area contributed by atoms with E-state index in [1.807, 2.05) is 6.20 Å². The standard InChI is InChI=1S/C16H22N4/c1-4-15-18-9-10-20(15)16(5-1)19(11-13-6-7-13)12-14-3-2-8-17-14/h1,4-5,9-10,13-14,17H,2-3,6-8,11-12H2. The second kappa shape index (κ2) is 5.09. The quantitative estimate of drug-likeness (QED) is 0.905. The van der Waals surface area contributed by atoms with Crippen molar-refractivity contribution in [3.05, 3.63) is 30.6 Å². The molecule has 0 aromatic carbocycles. The number of anilines is 1. The van der Waals surface area contributed by atoms with Gasteiger partial charge in [-0.1, -0.05) is 6.07 Å². The molecule has 3 heterocycles. The number of aromatic nitrogens is 2. The van der Waals surface area contributed by atoms with Gasteiger partial charge in [0.1, 0.15) is 11.5 Å². The third-order valence-electron chi connectivity index (χ3n) is 4.51. The maximum atomic E-state index is 4.41. The zero-order valence-electron chi connectivity index (χ0n) is 11.8. The van der Waals surface area contributed by atoms with Crippen LogP contribution in [0.25, 0.3) is 5.65 Å². The van der Waals surface area contributed by atoms with Crippen LogP contribution in [0.15, 0.2) is 30.6 Å². The molecule has 2 fully saturated rings. The molecule has 0 radical (unpaired) electrons. The summed E-state index contributed by atoms with van der Waals surface area (Å²) in [6.45, 7) is 3.49. The van der Waals surface area contributed by atoms with Gasteiger partial charge in [0.05, 0.1) is 0 Å². The maximum absolute atomic E-state index is 4.41. The van der Waals surface area contributed by atoms with E-state index >= 15 is 0 Å². The van der Waals surface area contributed by atoms with Crippen molar-refractivity contribution in [3.8, 4) is 0 Å². The molecule has 1 aliphatic heterocycles. The molecule has 1 unspecified atom stereocenters. The van der Waals surface area contributed by atoms with Gasteiger partial charge < -0.3 is 10.2 Å². The van der Waals surface area contributed by atoms with Crippen LogP contribution in [0, 0.1) is 5.92 Å². The van der Waals surface area contributed by atoms with Crippen molar-refractivity contribution < 1.29 is 0 Å². The highest BCUT2D eigenvalue weighted by atomic mass is 15.2. The summed E-state index contributed by atoms with van der Waals surface area (Å²) >= 11 is 0. The van der Waals surface area contributed by atoms with Gasteiger partial charge in [-0.15, -0.1) is 0 Å². The van der Waals surface area contributed by atoms with Crippen LogP contribution in [0.3, 0.4) is 0 Å². The molecule has 1 saturated carbocycles. The van der Waals surface area contributed by atoms with E-state index < -0.39 is 0 Å². The van der Waals surface area contributed by atoms with Crippen molar-refractivity contribution in [3.63, 3.8) is 0 Å². The van der Waals surface area contributed by atoms with Gasteiger partial charge in [0, 0.05) is 31.5 Å². The lowest BCUT2D eigenvalue weighted by Gasteiger charge is -2.28.